The van der Waals surface area contributed by atoms with Gasteiger partial charge in [-0.15, -0.1) is 22.7 Å². The molecule has 0 atom stereocenters. The summed E-state index contributed by atoms with van der Waals surface area (Å²) in [6.45, 7) is -0.258. The summed E-state index contributed by atoms with van der Waals surface area (Å²) in [5.74, 6) is 0.813. The largest absolute Gasteiger partial charge is 0.468 e. The van der Waals surface area contributed by atoms with Crippen molar-refractivity contribution in [3.63, 3.8) is 0 Å². The van der Waals surface area contributed by atoms with Crippen LogP contribution in [0.25, 0.3) is 84.5 Å². The summed E-state index contributed by atoms with van der Waals surface area (Å²) in [6.07, 6.45) is 0. The molecule has 4 nitrogen and oxygen atoms in total. The smallest absolute Gasteiger partial charge is 0.302 e. The van der Waals surface area contributed by atoms with Crippen LogP contribution in [0.4, 0.5) is 34.3 Å². The van der Waals surface area contributed by atoms with Crippen molar-refractivity contribution >= 4 is 143 Å². The van der Waals surface area contributed by atoms with Gasteiger partial charge >= 0.3 is 6.71 Å². The molecule has 9 aromatic carbocycles. The molecule has 0 spiro atoms. The van der Waals surface area contributed by atoms with Crippen LogP contribution in [0.3, 0.4) is 0 Å². The van der Waals surface area contributed by atoms with Crippen molar-refractivity contribution < 1.29 is 8.83 Å². The van der Waals surface area contributed by atoms with Gasteiger partial charge in [0.2, 0.25) is 5.88 Å². The number of rotatable bonds is 4. The van der Waals surface area contributed by atoms with Gasteiger partial charge in [-0.25, -0.2) is 0 Å². The number of fused-ring (bicyclic) bond motifs is 14. The number of benzene rings is 9. The third-order valence-electron chi connectivity index (χ3n) is 13.7. The van der Waals surface area contributed by atoms with Gasteiger partial charge in [0.1, 0.15) is 11.2 Å². The van der Waals surface area contributed by atoms with Crippen LogP contribution in [0.15, 0.2) is 209 Å². The zero-order valence-electron chi connectivity index (χ0n) is 34.7. The average molecular weight is 865 g/mol. The van der Waals surface area contributed by atoms with Crippen molar-refractivity contribution in [3.05, 3.63) is 200 Å². The molecule has 0 fully saturated rings. The molecule has 0 unspecified atom stereocenters. The summed E-state index contributed by atoms with van der Waals surface area (Å²) in [5, 5.41) is 7.15. The molecule has 2 aliphatic rings. The highest BCUT2D eigenvalue weighted by atomic mass is 32.1. The molecule has 7 heteroatoms. The van der Waals surface area contributed by atoms with Crippen molar-refractivity contribution in [2.24, 2.45) is 0 Å². The van der Waals surface area contributed by atoms with Gasteiger partial charge in [0.15, 0.2) is 0 Å². The summed E-state index contributed by atoms with van der Waals surface area (Å²) < 4.78 is 19.6. The number of hydrogen-bond donors (Lipinski definition) is 0. The molecule has 4 aromatic heterocycles. The fraction of sp³-hybridized carbons (Fsp3) is 0. The summed E-state index contributed by atoms with van der Waals surface area (Å²) in [4.78, 5) is 4.93. The maximum absolute atomic E-state index is 7.29. The predicted molar refractivity (Wildman–Crippen MR) is 277 cm³/mol. The van der Waals surface area contributed by atoms with Gasteiger partial charge in [0.25, 0.3) is 0 Å². The Morgan fingerprint density at radius 3 is 1.46 bits per heavy atom. The zero-order valence-corrected chi connectivity index (χ0v) is 36.3. The molecule has 302 valence electrons. The monoisotopic (exact) mass is 864 g/mol. The lowest BCUT2D eigenvalue weighted by molar-refractivity contribution is 0.622. The number of hydrogen-bond acceptors (Lipinski definition) is 6. The molecule has 0 N–H and O–H groups in total. The molecule has 0 aliphatic carbocycles. The second-order valence-electron chi connectivity index (χ2n) is 17.1. The Bertz CT molecular complexity index is 4110. The van der Waals surface area contributed by atoms with Crippen LogP contribution >= 0.6 is 22.7 Å². The number of anilines is 6. The van der Waals surface area contributed by atoms with Crippen LogP contribution in [0.2, 0.25) is 0 Å². The second-order valence-corrected chi connectivity index (χ2v) is 19.3. The minimum atomic E-state index is -0.258. The van der Waals surface area contributed by atoms with E-state index in [-0.39, 0.29) is 6.71 Å². The van der Waals surface area contributed by atoms with E-state index in [1.165, 1.54) is 51.4 Å². The highest BCUT2D eigenvalue weighted by molar-refractivity contribution is 7.26. The van der Waals surface area contributed by atoms with Crippen LogP contribution < -0.4 is 26.4 Å². The van der Waals surface area contributed by atoms with E-state index in [1.54, 1.807) is 0 Å². The van der Waals surface area contributed by atoms with Gasteiger partial charge in [-0.3, -0.25) is 4.90 Å². The summed E-state index contributed by atoms with van der Waals surface area (Å²) in [7, 11) is 0. The molecule has 2 aliphatic heterocycles. The first-order valence-corrected chi connectivity index (χ1v) is 23.7. The minimum Gasteiger partial charge on any atom is -0.468 e. The Labute approximate surface area is 381 Å². The van der Waals surface area contributed by atoms with Gasteiger partial charge in [-0.05, 0) is 83.3 Å². The van der Waals surface area contributed by atoms with Crippen molar-refractivity contribution in [1.29, 1.82) is 0 Å². The SMILES string of the molecule is c1ccc(-c2cc3sc4ccccc4c3cc2N2c3cccc4c3B(c3oc5ccccc5c3N4c3cc4c(cc3-c3ccccc3)sc3ccccc34)c3c2oc2ccccc32)cc1. The average Bonchev–Trinajstić information content (AvgIpc) is 4.14. The van der Waals surface area contributed by atoms with E-state index in [4.69, 9.17) is 8.83 Å². The third-order valence-corrected chi connectivity index (χ3v) is 15.9. The normalized spacial score (nSPS) is 13.1. The molecule has 0 radical (unpaired) electrons. The van der Waals surface area contributed by atoms with E-state index in [0.717, 1.165) is 84.1 Å². The first kappa shape index (κ1) is 35.6. The summed E-state index contributed by atoms with van der Waals surface area (Å²) in [5.41, 5.74) is 15.0. The quantitative estimate of drug-likeness (QED) is 0.165. The second kappa shape index (κ2) is 13.3. The molecule has 13 aromatic rings. The lowest BCUT2D eigenvalue weighted by Crippen LogP contribution is -2.60. The number of para-hydroxylation sites is 2. The maximum atomic E-state index is 7.29. The molecule has 15 rings (SSSR count). The van der Waals surface area contributed by atoms with Gasteiger partial charge in [0.05, 0.1) is 22.7 Å². The van der Waals surface area contributed by atoms with E-state index >= 15 is 0 Å². The Morgan fingerprint density at radius 1 is 0.354 bits per heavy atom. The van der Waals surface area contributed by atoms with Crippen LogP contribution in [-0.4, -0.2) is 6.71 Å². The highest BCUT2D eigenvalue weighted by Gasteiger charge is 2.49. The number of nitrogens with zero attached hydrogens (tertiary/aromatic N) is 2. The van der Waals surface area contributed by atoms with Crippen molar-refractivity contribution in [2.75, 3.05) is 9.80 Å². The van der Waals surface area contributed by atoms with Crippen LogP contribution in [0.1, 0.15) is 0 Å². The summed E-state index contributed by atoms with van der Waals surface area (Å²) in [6, 6.07) is 72.8. The Morgan fingerprint density at radius 2 is 0.846 bits per heavy atom. The van der Waals surface area contributed by atoms with Crippen molar-refractivity contribution in [3.8, 4) is 22.3 Å². The zero-order chi connectivity index (χ0) is 42.3. The van der Waals surface area contributed by atoms with Gasteiger partial charge < -0.3 is 13.7 Å². The van der Waals surface area contributed by atoms with Crippen LogP contribution in [0.5, 0.6) is 0 Å². The minimum absolute atomic E-state index is 0.258. The molecule has 0 bridgehead atoms. The fourth-order valence-corrected chi connectivity index (χ4v) is 13.2. The molecule has 65 heavy (non-hydrogen) atoms. The first-order valence-electron chi connectivity index (χ1n) is 22.0. The van der Waals surface area contributed by atoms with E-state index in [2.05, 4.69) is 210 Å². The predicted octanol–water partition coefficient (Wildman–Crippen LogP) is 15.3. The van der Waals surface area contributed by atoms with Crippen LogP contribution in [-0.2, 0) is 0 Å². The van der Waals surface area contributed by atoms with E-state index in [9.17, 15) is 0 Å². The molecule has 0 saturated heterocycles. The third kappa shape index (κ3) is 4.97. The lowest BCUT2D eigenvalue weighted by Gasteiger charge is -2.41. The molecule has 0 amide bonds. The lowest BCUT2D eigenvalue weighted by atomic mass is 9.35. The highest BCUT2D eigenvalue weighted by Crippen LogP contribution is 2.53. The van der Waals surface area contributed by atoms with E-state index < -0.39 is 0 Å². The van der Waals surface area contributed by atoms with Crippen LogP contribution in [0, 0.1) is 0 Å². The molecular formula is C58H33BN2O2S2. The van der Waals surface area contributed by atoms with E-state index in [0.29, 0.717) is 0 Å². The van der Waals surface area contributed by atoms with Gasteiger partial charge in [0, 0.05) is 79.1 Å². The molecular weight excluding hydrogens is 832 g/mol. The standard InChI is InChI=1S/C58H33BN2O2S2/c1-3-16-34(17-4-1)40-32-52-42(36-20-9-13-28-50(36)64-52)30-46(40)60-44-24-15-25-45-55(44)59(57-56(60)39-23-8-12-27-49(39)62-57)54-38-22-7-11-26-48(38)63-58(54)61(45)47-31-43-37-21-10-14-29-51(37)65-53(43)33-41(47)35-18-5-2-6-19-35/h1-33H. The van der Waals surface area contributed by atoms with Crippen molar-refractivity contribution in [1.82, 2.24) is 0 Å². The maximum Gasteiger partial charge on any atom is 0.302 e. The molecule has 6 heterocycles. The van der Waals surface area contributed by atoms with Crippen molar-refractivity contribution in [2.45, 2.75) is 0 Å². The Balaban J connectivity index is 1.09. The topological polar surface area (TPSA) is 32.8 Å². The Kier molecular flexibility index (Phi) is 7.31. The van der Waals surface area contributed by atoms with Gasteiger partial charge in [-0.1, -0.05) is 133 Å². The number of thiophene rings is 2. The van der Waals surface area contributed by atoms with Gasteiger partial charge in [-0.2, -0.15) is 0 Å². The Hall–Kier alpha value is -7.84. The molecule has 0 saturated carbocycles. The van der Waals surface area contributed by atoms with E-state index in [1.807, 2.05) is 22.7 Å². The first-order chi connectivity index (χ1) is 32.2. The number of furan rings is 2. The fourth-order valence-electron chi connectivity index (χ4n) is 10.9. The summed E-state index contributed by atoms with van der Waals surface area (Å²) >= 11 is 3.71.